The minimum Gasteiger partial charge on any atom is -0.382 e. The molecular formula is C16H18N4O. The zero-order chi connectivity index (χ0) is 14.9. The Balaban J connectivity index is 1.79. The van der Waals surface area contributed by atoms with Gasteiger partial charge in [-0.3, -0.25) is 4.79 Å². The highest BCUT2D eigenvalue weighted by Crippen LogP contribution is 2.28. The molecule has 2 aromatic rings. The number of nitrogens with one attached hydrogen (secondary N) is 1. The van der Waals surface area contributed by atoms with Gasteiger partial charge in [0.2, 0.25) is 0 Å². The first-order valence-corrected chi connectivity index (χ1v) is 7.03. The molecule has 5 nitrogen and oxygen atoms in total. The number of aryl methyl sites for hydroxylation is 1. The number of carbonyl (C=O) groups excluding carboxylic acids is 1. The van der Waals surface area contributed by atoms with E-state index in [1.807, 2.05) is 6.07 Å². The first-order valence-electron chi connectivity index (χ1n) is 7.03. The van der Waals surface area contributed by atoms with E-state index in [4.69, 9.17) is 5.73 Å². The van der Waals surface area contributed by atoms with Crippen LogP contribution in [0.2, 0.25) is 0 Å². The number of carbonyl (C=O) groups is 1. The Morgan fingerprint density at radius 2 is 1.95 bits per heavy atom. The molecule has 5 heteroatoms. The number of fused-ring (bicyclic) bond motifs is 1. The number of benzene rings is 1. The van der Waals surface area contributed by atoms with Crippen LogP contribution >= 0.6 is 0 Å². The molecule has 0 spiro atoms. The van der Waals surface area contributed by atoms with E-state index < -0.39 is 0 Å². The number of rotatable bonds is 2. The van der Waals surface area contributed by atoms with Crippen molar-refractivity contribution in [3.8, 4) is 0 Å². The fourth-order valence-electron chi connectivity index (χ4n) is 2.86. The Hall–Kier alpha value is -2.43. The maximum absolute atomic E-state index is 12.4. The molecule has 3 rings (SSSR count). The van der Waals surface area contributed by atoms with Crippen molar-refractivity contribution in [2.75, 3.05) is 5.73 Å². The maximum atomic E-state index is 12.4. The smallest absolute Gasteiger partial charge is 0.274 e. The van der Waals surface area contributed by atoms with Gasteiger partial charge in [-0.15, -0.1) is 0 Å². The summed E-state index contributed by atoms with van der Waals surface area (Å²) in [6.45, 7) is 2.06. The Morgan fingerprint density at radius 1 is 1.24 bits per heavy atom. The fourth-order valence-corrected chi connectivity index (χ4v) is 2.86. The van der Waals surface area contributed by atoms with Crippen molar-refractivity contribution in [2.24, 2.45) is 0 Å². The molecule has 0 saturated heterocycles. The fraction of sp³-hybridized carbons (Fsp3) is 0.312. The van der Waals surface area contributed by atoms with Gasteiger partial charge in [-0.2, -0.15) is 0 Å². The lowest BCUT2D eigenvalue weighted by atomic mass is 9.79. The van der Waals surface area contributed by atoms with Gasteiger partial charge < -0.3 is 11.1 Å². The van der Waals surface area contributed by atoms with Crippen molar-refractivity contribution in [3.63, 3.8) is 0 Å². The molecule has 0 fully saturated rings. The van der Waals surface area contributed by atoms with Crippen molar-refractivity contribution in [3.05, 3.63) is 53.5 Å². The summed E-state index contributed by atoms with van der Waals surface area (Å²) in [5.41, 5.74) is 8.28. The zero-order valence-corrected chi connectivity index (χ0v) is 12.0. The average Bonchev–Trinajstić information content (AvgIpc) is 2.47. The van der Waals surface area contributed by atoms with E-state index >= 15 is 0 Å². The van der Waals surface area contributed by atoms with Gasteiger partial charge in [0.05, 0.1) is 0 Å². The van der Waals surface area contributed by atoms with Crippen LogP contribution in [-0.4, -0.2) is 21.4 Å². The number of hydrogen-bond donors (Lipinski definition) is 2. The van der Waals surface area contributed by atoms with Crippen LogP contribution in [0.5, 0.6) is 0 Å². The Bertz CT molecular complexity index is 685. The van der Waals surface area contributed by atoms with E-state index in [-0.39, 0.29) is 23.0 Å². The van der Waals surface area contributed by atoms with Gasteiger partial charge in [-0.25, -0.2) is 9.97 Å². The second kappa shape index (κ2) is 5.16. The third-order valence-electron chi connectivity index (χ3n) is 4.00. The Morgan fingerprint density at radius 3 is 2.71 bits per heavy atom. The van der Waals surface area contributed by atoms with Crippen LogP contribution in [0.1, 0.15) is 35.0 Å². The summed E-state index contributed by atoms with van der Waals surface area (Å²) in [6, 6.07) is 8.36. The largest absolute Gasteiger partial charge is 0.382 e. The van der Waals surface area contributed by atoms with E-state index in [0.29, 0.717) is 0 Å². The van der Waals surface area contributed by atoms with Crippen LogP contribution in [0.3, 0.4) is 0 Å². The summed E-state index contributed by atoms with van der Waals surface area (Å²) >= 11 is 0. The minimum atomic E-state index is -0.282. The maximum Gasteiger partial charge on any atom is 0.274 e. The van der Waals surface area contributed by atoms with E-state index in [9.17, 15) is 4.79 Å². The lowest BCUT2D eigenvalue weighted by molar-refractivity contribution is 0.0893. The molecule has 1 heterocycles. The standard InChI is InChI=1S/C16H18N4O/c1-16(7-6-11-4-2-3-5-12(11)10-16)20-15(21)13-14(17)19-9-8-18-13/h2-5,8-9H,6-7,10H2,1H3,(H2,17,19)(H,20,21)/t16-/m0/s1. The van der Waals surface area contributed by atoms with Crippen molar-refractivity contribution < 1.29 is 4.79 Å². The highest BCUT2D eigenvalue weighted by Gasteiger charge is 2.32. The van der Waals surface area contributed by atoms with E-state index in [0.717, 1.165) is 19.3 Å². The molecule has 0 aliphatic heterocycles. The predicted octanol–water partition coefficient (Wildman–Crippen LogP) is 1.74. The van der Waals surface area contributed by atoms with E-state index in [2.05, 4.69) is 40.4 Å². The van der Waals surface area contributed by atoms with Crippen molar-refractivity contribution in [1.29, 1.82) is 0 Å². The van der Waals surface area contributed by atoms with E-state index in [1.54, 1.807) is 0 Å². The molecule has 0 radical (unpaired) electrons. The third-order valence-corrected chi connectivity index (χ3v) is 4.00. The molecule has 0 unspecified atom stereocenters. The number of amides is 1. The second-order valence-electron chi connectivity index (χ2n) is 5.75. The predicted molar refractivity (Wildman–Crippen MR) is 80.8 cm³/mol. The first kappa shape index (κ1) is 13.5. The quantitative estimate of drug-likeness (QED) is 0.879. The molecule has 1 aliphatic rings. The summed E-state index contributed by atoms with van der Waals surface area (Å²) in [4.78, 5) is 20.3. The molecule has 1 aromatic heterocycles. The summed E-state index contributed by atoms with van der Waals surface area (Å²) in [5.74, 6) is -0.0997. The van der Waals surface area contributed by atoms with Crippen LogP contribution in [0.25, 0.3) is 0 Å². The number of nitrogen functional groups attached to an aromatic ring is 1. The van der Waals surface area contributed by atoms with Gasteiger partial charge >= 0.3 is 0 Å². The summed E-state index contributed by atoms with van der Waals surface area (Å²) in [5, 5.41) is 3.07. The Kier molecular flexibility index (Phi) is 3.33. The van der Waals surface area contributed by atoms with Crippen LogP contribution < -0.4 is 11.1 Å². The number of anilines is 1. The molecule has 1 aromatic carbocycles. The van der Waals surface area contributed by atoms with Crippen molar-refractivity contribution in [1.82, 2.24) is 15.3 Å². The van der Waals surface area contributed by atoms with Gasteiger partial charge in [0, 0.05) is 17.9 Å². The summed E-state index contributed by atoms with van der Waals surface area (Å²) < 4.78 is 0. The normalized spacial score (nSPS) is 20.6. The molecule has 1 atom stereocenters. The van der Waals surface area contributed by atoms with Gasteiger partial charge in [0.15, 0.2) is 11.5 Å². The number of aromatic nitrogens is 2. The Labute approximate surface area is 123 Å². The lowest BCUT2D eigenvalue weighted by Gasteiger charge is -2.35. The molecule has 0 bridgehead atoms. The van der Waals surface area contributed by atoms with Crippen molar-refractivity contribution >= 4 is 11.7 Å². The molecule has 1 amide bonds. The minimum absolute atomic E-state index is 0.162. The third kappa shape index (κ3) is 2.72. The zero-order valence-electron chi connectivity index (χ0n) is 12.0. The van der Waals surface area contributed by atoms with Crippen LogP contribution in [0.4, 0.5) is 5.82 Å². The highest BCUT2D eigenvalue weighted by molar-refractivity contribution is 5.96. The van der Waals surface area contributed by atoms with Gasteiger partial charge in [0.1, 0.15) is 0 Å². The van der Waals surface area contributed by atoms with Crippen LogP contribution in [0.15, 0.2) is 36.7 Å². The first-order chi connectivity index (χ1) is 10.1. The van der Waals surface area contributed by atoms with Gasteiger partial charge in [-0.1, -0.05) is 24.3 Å². The van der Waals surface area contributed by atoms with Gasteiger partial charge in [0.25, 0.3) is 5.91 Å². The topological polar surface area (TPSA) is 80.9 Å². The molecule has 21 heavy (non-hydrogen) atoms. The number of hydrogen-bond acceptors (Lipinski definition) is 4. The van der Waals surface area contributed by atoms with E-state index in [1.165, 1.54) is 23.5 Å². The average molecular weight is 282 g/mol. The van der Waals surface area contributed by atoms with Crippen LogP contribution in [-0.2, 0) is 12.8 Å². The molecule has 3 N–H and O–H groups in total. The van der Waals surface area contributed by atoms with Crippen LogP contribution in [0, 0.1) is 0 Å². The summed E-state index contributed by atoms with van der Waals surface area (Å²) in [6.07, 6.45) is 5.63. The SMILES string of the molecule is C[C@]1(NC(=O)c2nccnc2N)CCc2ccccc2C1. The second-order valence-corrected chi connectivity index (χ2v) is 5.75. The molecule has 0 saturated carbocycles. The monoisotopic (exact) mass is 282 g/mol. The number of nitrogens with zero attached hydrogens (tertiary/aromatic N) is 2. The van der Waals surface area contributed by atoms with Gasteiger partial charge in [-0.05, 0) is 37.3 Å². The number of nitrogens with two attached hydrogens (primary N) is 1. The molecule has 108 valence electrons. The molecule has 1 aliphatic carbocycles. The summed E-state index contributed by atoms with van der Waals surface area (Å²) in [7, 11) is 0. The highest BCUT2D eigenvalue weighted by atomic mass is 16.2. The molecular weight excluding hydrogens is 264 g/mol. The van der Waals surface area contributed by atoms with Crippen molar-refractivity contribution in [2.45, 2.75) is 31.7 Å². The lowest BCUT2D eigenvalue weighted by Crippen LogP contribution is -2.50.